The normalized spacial score (nSPS) is 9.88. The standard InChI is InChI=1S/C16H15N/c1-2-13-8-10-15(11-9-13)16(17)12-14-6-4-3-5-7-14/h2-11,17H,1,12H2. The lowest BCUT2D eigenvalue weighted by Crippen LogP contribution is -2.03. The molecule has 1 nitrogen and oxygen atoms in total. The van der Waals surface area contributed by atoms with Crippen molar-refractivity contribution in [1.82, 2.24) is 0 Å². The fourth-order valence-electron chi connectivity index (χ4n) is 1.72. The van der Waals surface area contributed by atoms with Crippen LogP contribution in [0, 0.1) is 5.41 Å². The van der Waals surface area contributed by atoms with Crippen LogP contribution < -0.4 is 0 Å². The average Bonchev–Trinajstić information content (AvgIpc) is 2.40. The van der Waals surface area contributed by atoms with E-state index < -0.39 is 0 Å². The van der Waals surface area contributed by atoms with Crippen LogP contribution >= 0.6 is 0 Å². The third kappa shape index (κ3) is 2.91. The predicted molar refractivity (Wildman–Crippen MR) is 73.5 cm³/mol. The summed E-state index contributed by atoms with van der Waals surface area (Å²) in [4.78, 5) is 0. The summed E-state index contributed by atoms with van der Waals surface area (Å²) in [5, 5.41) is 8.07. The van der Waals surface area contributed by atoms with E-state index in [4.69, 9.17) is 5.41 Å². The Balaban J connectivity index is 2.12. The molecule has 0 aromatic heterocycles. The molecular weight excluding hydrogens is 206 g/mol. The van der Waals surface area contributed by atoms with Crippen molar-refractivity contribution >= 4 is 11.8 Å². The van der Waals surface area contributed by atoms with Crippen LogP contribution in [0.3, 0.4) is 0 Å². The molecular formula is C16H15N. The van der Waals surface area contributed by atoms with Crippen LogP contribution in [-0.4, -0.2) is 5.71 Å². The minimum absolute atomic E-state index is 0.645. The molecule has 0 saturated heterocycles. The summed E-state index contributed by atoms with van der Waals surface area (Å²) in [6.45, 7) is 3.72. The Morgan fingerprint density at radius 3 is 2.24 bits per heavy atom. The SMILES string of the molecule is C=Cc1ccc(C(=N)Cc2ccccc2)cc1. The third-order valence-electron chi connectivity index (χ3n) is 2.72. The molecule has 0 amide bonds. The van der Waals surface area contributed by atoms with Crippen molar-refractivity contribution < 1.29 is 0 Å². The van der Waals surface area contributed by atoms with Gasteiger partial charge in [-0.1, -0.05) is 67.3 Å². The van der Waals surface area contributed by atoms with Gasteiger partial charge in [0.15, 0.2) is 0 Å². The molecule has 0 heterocycles. The molecule has 0 spiro atoms. The van der Waals surface area contributed by atoms with E-state index in [0.717, 1.165) is 11.1 Å². The van der Waals surface area contributed by atoms with E-state index in [1.54, 1.807) is 0 Å². The highest BCUT2D eigenvalue weighted by Gasteiger charge is 2.02. The minimum atomic E-state index is 0.645. The van der Waals surface area contributed by atoms with Gasteiger partial charge in [0.1, 0.15) is 0 Å². The third-order valence-corrected chi connectivity index (χ3v) is 2.72. The van der Waals surface area contributed by atoms with E-state index >= 15 is 0 Å². The van der Waals surface area contributed by atoms with Crippen molar-refractivity contribution in [3.8, 4) is 0 Å². The van der Waals surface area contributed by atoms with E-state index in [0.29, 0.717) is 12.1 Å². The molecule has 0 bridgehead atoms. The molecule has 0 saturated carbocycles. The summed E-state index contributed by atoms with van der Waals surface area (Å²) >= 11 is 0. The van der Waals surface area contributed by atoms with E-state index in [-0.39, 0.29) is 0 Å². The molecule has 2 aromatic rings. The Bertz CT molecular complexity index is 509. The van der Waals surface area contributed by atoms with Crippen molar-refractivity contribution in [2.24, 2.45) is 0 Å². The summed E-state index contributed by atoms with van der Waals surface area (Å²) in [7, 11) is 0. The van der Waals surface area contributed by atoms with Crippen LogP contribution in [0.15, 0.2) is 61.2 Å². The first-order valence-corrected chi connectivity index (χ1v) is 5.64. The topological polar surface area (TPSA) is 23.9 Å². The quantitative estimate of drug-likeness (QED) is 0.756. The fourth-order valence-corrected chi connectivity index (χ4v) is 1.72. The molecule has 0 radical (unpaired) electrons. The molecule has 0 fully saturated rings. The van der Waals surface area contributed by atoms with Gasteiger partial charge in [-0.2, -0.15) is 0 Å². The van der Waals surface area contributed by atoms with E-state index in [1.165, 1.54) is 5.56 Å². The Kier molecular flexibility index (Phi) is 3.51. The second kappa shape index (κ2) is 5.26. The highest BCUT2D eigenvalue weighted by atomic mass is 14.4. The summed E-state index contributed by atoms with van der Waals surface area (Å²) < 4.78 is 0. The van der Waals surface area contributed by atoms with Crippen molar-refractivity contribution in [1.29, 1.82) is 5.41 Å². The summed E-state index contributed by atoms with van der Waals surface area (Å²) in [5.41, 5.74) is 3.87. The Morgan fingerprint density at radius 2 is 1.65 bits per heavy atom. The maximum absolute atomic E-state index is 8.07. The van der Waals surface area contributed by atoms with Gasteiger partial charge in [0.2, 0.25) is 0 Å². The Labute approximate surface area is 102 Å². The molecule has 1 N–H and O–H groups in total. The van der Waals surface area contributed by atoms with Gasteiger partial charge < -0.3 is 5.41 Å². The first kappa shape index (κ1) is 11.3. The zero-order valence-electron chi connectivity index (χ0n) is 9.69. The molecule has 0 aliphatic rings. The van der Waals surface area contributed by atoms with E-state index in [2.05, 4.69) is 6.58 Å². The Morgan fingerprint density at radius 1 is 1.00 bits per heavy atom. The monoisotopic (exact) mass is 221 g/mol. The minimum Gasteiger partial charge on any atom is -0.304 e. The molecule has 2 aromatic carbocycles. The van der Waals surface area contributed by atoms with Gasteiger partial charge in [0.05, 0.1) is 0 Å². The lowest BCUT2D eigenvalue weighted by atomic mass is 10.0. The summed E-state index contributed by atoms with van der Waals surface area (Å²) in [6, 6.07) is 18.0. The molecule has 2 rings (SSSR count). The maximum atomic E-state index is 8.07. The van der Waals surface area contributed by atoms with Gasteiger partial charge in [0.25, 0.3) is 0 Å². The number of hydrogen-bond donors (Lipinski definition) is 1. The van der Waals surface area contributed by atoms with Gasteiger partial charge in [-0.25, -0.2) is 0 Å². The van der Waals surface area contributed by atoms with Crippen molar-refractivity contribution in [3.63, 3.8) is 0 Å². The number of hydrogen-bond acceptors (Lipinski definition) is 1. The van der Waals surface area contributed by atoms with Gasteiger partial charge >= 0.3 is 0 Å². The smallest absolute Gasteiger partial charge is 0.0429 e. The average molecular weight is 221 g/mol. The zero-order valence-corrected chi connectivity index (χ0v) is 9.69. The molecule has 0 aliphatic carbocycles. The Hall–Kier alpha value is -2.15. The molecule has 0 atom stereocenters. The molecule has 84 valence electrons. The highest BCUT2D eigenvalue weighted by Crippen LogP contribution is 2.09. The summed E-state index contributed by atoms with van der Waals surface area (Å²) in [6.07, 6.45) is 2.48. The summed E-state index contributed by atoms with van der Waals surface area (Å²) in [5.74, 6) is 0. The van der Waals surface area contributed by atoms with Gasteiger partial charge in [-0.3, -0.25) is 0 Å². The second-order valence-electron chi connectivity index (χ2n) is 3.97. The first-order chi connectivity index (χ1) is 8.29. The molecule has 1 heteroatoms. The lowest BCUT2D eigenvalue weighted by molar-refractivity contribution is 1.27. The van der Waals surface area contributed by atoms with Gasteiger partial charge in [0, 0.05) is 12.1 Å². The molecule has 17 heavy (non-hydrogen) atoms. The molecule has 0 aliphatic heterocycles. The fraction of sp³-hybridized carbons (Fsp3) is 0.0625. The van der Waals surface area contributed by atoms with Crippen LogP contribution in [-0.2, 0) is 6.42 Å². The van der Waals surface area contributed by atoms with E-state index in [1.807, 2.05) is 60.7 Å². The first-order valence-electron chi connectivity index (χ1n) is 5.64. The largest absolute Gasteiger partial charge is 0.304 e. The van der Waals surface area contributed by atoms with Crippen molar-refractivity contribution in [2.75, 3.05) is 0 Å². The highest BCUT2D eigenvalue weighted by molar-refractivity contribution is 5.99. The number of nitrogens with one attached hydrogen (secondary N) is 1. The van der Waals surface area contributed by atoms with Crippen molar-refractivity contribution in [3.05, 3.63) is 77.9 Å². The van der Waals surface area contributed by atoms with Gasteiger partial charge in [-0.05, 0) is 16.7 Å². The second-order valence-corrected chi connectivity index (χ2v) is 3.97. The van der Waals surface area contributed by atoms with E-state index in [9.17, 15) is 0 Å². The van der Waals surface area contributed by atoms with Crippen LogP contribution in [0.1, 0.15) is 16.7 Å². The molecule has 0 unspecified atom stereocenters. The van der Waals surface area contributed by atoms with Crippen LogP contribution in [0.2, 0.25) is 0 Å². The van der Waals surface area contributed by atoms with Crippen LogP contribution in [0.4, 0.5) is 0 Å². The number of benzene rings is 2. The zero-order chi connectivity index (χ0) is 12.1. The predicted octanol–water partition coefficient (Wildman–Crippen LogP) is 3.94. The van der Waals surface area contributed by atoms with Crippen LogP contribution in [0.25, 0.3) is 6.08 Å². The van der Waals surface area contributed by atoms with Crippen LogP contribution in [0.5, 0.6) is 0 Å². The van der Waals surface area contributed by atoms with Gasteiger partial charge in [-0.15, -0.1) is 0 Å². The lowest BCUT2D eigenvalue weighted by Gasteiger charge is -2.05. The maximum Gasteiger partial charge on any atom is 0.0429 e. The van der Waals surface area contributed by atoms with Crippen molar-refractivity contribution in [2.45, 2.75) is 6.42 Å². The number of rotatable bonds is 4.